The molecule has 1 aliphatic heterocycles. The van der Waals surface area contributed by atoms with Crippen LogP contribution in [0.5, 0.6) is 0 Å². The molecule has 1 unspecified atom stereocenters. The monoisotopic (exact) mass is 1280 g/mol. The van der Waals surface area contributed by atoms with Gasteiger partial charge in [0.25, 0.3) is 0 Å². The van der Waals surface area contributed by atoms with Crippen molar-refractivity contribution in [1.82, 2.24) is 55.6 Å². The first-order valence-corrected chi connectivity index (χ1v) is 31.6. The molecule has 22 nitrogen and oxygen atoms in total. The van der Waals surface area contributed by atoms with E-state index in [0.717, 1.165) is 52.9 Å². The maximum absolute atomic E-state index is 14.9. The SMILES string of the molecule is CC(C)C[C@H]1C(=O)N[C@@H](C(C)C)C(O)N(C)CC(=O)N(C)CC(=O)N(C)[C@@H](CC2CCCCC2)C(=O)N(C)CC(=O)N[C@@H](CCc2ccc(C(F)(F)F)c(F)c2)C(=O)N(C)[C@@H](CC(C)C)C(=O)NC(C)(C)C(=O)N(C)[C@@H](CC(C)C)C(=O)N[C@H](C)CC(=O)N1C. The number of hydrogen-bond acceptors (Lipinski definition) is 12. The largest absolute Gasteiger partial charge is 0.419 e. The number of aliphatic hydroxyl groups is 1. The fourth-order valence-corrected chi connectivity index (χ4v) is 11.6. The summed E-state index contributed by atoms with van der Waals surface area (Å²) in [6.45, 7) is 17.4. The third kappa shape index (κ3) is 22.7. The fourth-order valence-electron chi connectivity index (χ4n) is 11.6. The van der Waals surface area contributed by atoms with Crippen LogP contribution in [0.15, 0.2) is 18.2 Å². The van der Waals surface area contributed by atoms with E-state index in [4.69, 9.17) is 0 Å². The summed E-state index contributed by atoms with van der Waals surface area (Å²) < 4.78 is 55.7. The average Bonchev–Trinajstić information content (AvgIpc) is 0.888. The lowest BCUT2D eigenvalue weighted by atomic mass is 9.84. The summed E-state index contributed by atoms with van der Waals surface area (Å²) >= 11 is 0. The molecule has 8 atom stereocenters. The molecule has 1 aliphatic carbocycles. The van der Waals surface area contributed by atoms with Crippen LogP contribution in [0.2, 0.25) is 0 Å². The number of aliphatic hydroxyl groups excluding tert-OH is 1. The molecule has 90 heavy (non-hydrogen) atoms. The number of halogens is 4. The Morgan fingerprint density at radius 3 is 1.66 bits per heavy atom. The molecule has 1 heterocycles. The Hall–Kier alpha value is -6.44. The molecule has 0 bridgehead atoms. The molecule has 2 aliphatic rings. The molecular weight excluding hydrogens is 1170 g/mol. The van der Waals surface area contributed by atoms with Crippen LogP contribution in [0.3, 0.4) is 0 Å². The number of carbonyl (C=O) groups is 10. The van der Waals surface area contributed by atoms with Crippen LogP contribution in [0.1, 0.15) is 158 Å². The van der Waals surface area contributed by atoms with Crippen molar-refractivity contribution in [1.29, 1.82) is 0 Å². The Bertz CT molecular complexity index is 2650. The zero-order chi connectivity index (χ0) is 68.6. The summed E-state index contributed by atoms with van der Waals surface area (Å²) in [5.74, 6) is -9.21. The zero-order valence-corrected chi connectivity index (χ0v) is 56.5. The van der Waals surface area contributed by atoms with E-state index < -0.39 is 156 Å². The first-order chi connectivity index (χ1) is 41.6. The lowest BCUT2D eigenvalue weighted by Crippen LogP contribution is -2.63. The number of aryl methyl sites for hydroxylation is 1. The Morgan fingerprint density at radius 2 is 1.13 bits per heavy atom. The molecule has 5 N–H and O–H groups in total. The van der Waals surface area contributed by atoms with Gasteiger partial charge in [-0.15, -0.1) is 0 Å². The van der Waals surface area contributed by atoms with Crippen LogP contribution in [-0.2, 0) is 60.5 Å². The van der Waals surface area contributed by atoms with E-state index in [-0.39, 0.29) is 74.2 Å². The van der Waals surface area contributed by atoms with E-state index >= 15 is 0 Å². The van der Waals surface area contributed by atoms with Gasteiger partial charge in [-0.2, -0.15) is 13.2 Å². The van der Waals surface area contributed by atoms with Crippen molar-refractivity contribution in [3.63, 3.8) is 0 Å². The molecule has 1 aromatic rings. The van der Waals surface area contributed by atoms with Gasteiger partial charge >= 0.3 is 6.18 Å². The van der Waals surface area contributed by atoms with E-state index in [2.05, 4.69) is 21.3 Å². The highest BCUT2D eigenvalue weighted by atomic mass is 19.4. The van der Waals surface area contributed by atoms with Crippen molar-refractivity contribution in [2.45, 2.75) is 213 Å². The van der Waals surface area contributed by atoms with Crippen molar-refractivity contribution in [3.8, 4) is 0 Å². The van der Waals surface area contributed by atoms with Gasteiger partial charge in [-0.1, -0.05) is 93.6 Å². The summed E-state index contributed by atoms with van der Waals surface area (Å²) in [5.41, 5.74) is -3.21. The summed E-state index contributed by atoms with van der Waals surface area (Å²) in [4.78, 5) is 152. The Morgan fingerprint density at radius 1 is 0.611 bits per heavy atom. The highest BCUT2D eigenvalue weighted by Gasteiger charge is 2.43. The van der Waals surface area contributed by atoms with Gasteiger partial charge in [0.05, 0.1) is 31.2 Å². The van der Waals surface area contributed by atoms with Crippen LogP contribution >= 0.6 is 0 Å². The Balaban J connectivity index is 2.21. The van der Waals surface area contributed by atoms with E-state index in [0.29, 0.717) is 12.1 Å². The van der Waals surface area contributed by atoms with Crippen LogP contribution in [0.4, 0.5) is 17.6 Å². The number of hydrogen-bond donors (Lipinski definition) is 5. The summed E-state index contributed by atoms with van der Waals surface area (Å²) in [7, 11) is 9.81. The minimum Gasteiger partial charge on any atom is -0.376 e. The second kappa shape index (κ2) is 34.3. The number of carbonyl (C=O) groups excluding carboxylic acids is 10. The van der Waals surface area contributed by atoms with Gasteiger partial charge in [0.1, 0.15) is 47.8 Å². The summed E-state index contributed by atoms with van der Waals surface area (Å²) in [5, 5.41) is 23.0. The third-order valence-electron chi connectivity index (χ3n) is 17.2. The lowest BCUT2D eigenvalue weighted by molar-refractivity contribution is -0.149. The quantitative estimate of drug-likeness (QED) is 0.177. The minimum absolute atomic E-state index is 0.0144. The van der Waals surface area contributed by atoms with Gasteiger partial charge in [-0.3, -0.25) is 52.8 Å². The van der Waals surface area contributed by atoms with Crippen LogP contribution in [-0.4, -0.2) is 222 Å². The van der Waals surface area contributed by atoms with Crippen molar-refractivity contribution in [3.05, 3.63) is 35.1 Å². The molecule has 510 valence electrons. The zero-order valence-electron chi connectivity index (χ0n) is 56.5. The molecule has 0 radical (unpaired) electrons. The van der Waals surface area contributed by atoms with Gasteiger partial charge in [0.15, 0.2) is 0 Å². The Labute approximate surface area is 530 Å². The second-order valence-electron chi connectivity index (χ2n) is 27.3. The van der Waals surface area contributed by atoms with Crippen LogP contribution < -0.4 is 21.3 Å². The highest BCUT2D eigenvalue weighted by Crippen LogP contribution is 2.33. The van der Waals surface area contributed by atoms with Gasteiger partial charge in [-0.25, -0.2) is 4.39 Å². The number of nitrogens with one attached hydrogen (secondary N) is 4. The third-order valence-corrected chi connectivity index (χ3v) is 17.2. The molecule has 26 heteroatoms. The average molecular weight is 1280 g/mol. The van der Waals surface area contributed by atoms with Gasteiger partial charge in [0, 0.05) is 54.7 Å². The number of amides is 10. The number of rotatable bonds is 12. The molecule has 2 fully saturated rings. The predicted octanol–water partition coefficient (Wildman–Crippen LogP) is 4.79. The maximum atomic E-state index is 14.9. The molecular formula is C64H105F4N11O11. The predicted molar refractivity (Wildman–Crippen MR) is 333 cm³/mol. The number of alkyl halides is 3. The first kappa shape index (κ1) is 77.8. The smallest absolute Gasteiger partial charge is 0.376 e. The van der Waals surface area contributed by atoms with Crippen LogP contribution in [0.25, 0.3) is 0 Å². The minimum atomic E-state index is -5.00. The van der Waals surface area contributed by atoms with E-state index in [1.54, 1.807) is 34.6 Å². The highest BCUT2D eigenvalue weighted by molar-refractivity contribution is 5.98. The van der Waals surface area contributed by atoms with Gasteiger partial charge in [-0.05, 0) is 114 Å². The summed E-state index contributed by atoms with van der Waals surface area (Å²) in [6, 6.07) is -5.67. The normalized spacial score (nSPS) is 25.8. The Kier molecular flexibility index (Phi) is 29.6. The summed E-state index contributed by atoms with van der Waals surface area (Å²) in [6.07, 6.45) is -2.38. The fraction of sp³-hybridized carbons (Fsp3) is 0.750. The van der Waals surface area contributed by atoms with Gasteiger partial charge in [0.2, 0.25) is 59.1 Å². The van der Waals surface area contributed by atoms with E-state index in [1.807, 2.05) is 27.7 Å². The molecule has 3 rings (SSSR count). The molecule has 0 spiro atoms. The first-order valence-electron chi connectivity index (χ1n) is 31.6. The second-order valence-corrected chi connectivity index (χ2v) is 27.3. The van der Waals surface area contributed by atoms with Crippen LogP contribution in [0, 0.1) is 35.4 Å². The standard InChI is InChI=1S/C64H105F4N11O11/c1-37(2)28-47-57(85)71-55(40(7)8)61(89)75(14)35-53(82)73(12)36-54(83)77(16)50(33-42-22-20-19-21-23-42)60(88)74(13)34-51(80)70-46(27-25-43-24-26-44(45(65)32-43)64(66,67)68)59(87)78(17)49(30-39(5)6)58(86)72-63(10,11)62(90)79(18)48(29-38(3)4)56(84)69-41(9)31-52(81)76(47)15/h24,26,32,37-42,46-50,55,61,89H,19-23,25,27-31,33-36H2,1-18H3,(H,69,84)(H,70,80)(H,71,85)(H,72,86)/t41-,46+,47+,48+,49+,50+,55+,61?/m1/s1. The van der Waals surface area contributed by atoms with Crippen molar-refractivity contribution in [2.75, 3.05) is 69.0 Å². The van der Waals surface area contributed by atoms with Gasteiger partial charge < -0.3 is 55.8 Å². The van der Waals surface area contributed by atoms with Crippen molar-refractivity contribution >= 4 is 59.1 Å². The van der Waals surface area contributed by atoms with Crippen molar-refractivity contribution in [2.24, 2.45) is 29.6 Å². The number of benzene rings is 1. The molecule has 10 amide bonds. The van der Waals surface area contributed by atoms with Crippen molar-refractivity contribution < 1.29 is 70.6 Å². The van der Waals surface area contributed by atoms with E-state index in [1.165, 1.54) is 82.8 Å². The molecule has 0 aromatic heterocycles. The van der Waals surface area contributed by atoms with E-state index in [9.17, 15) is 70.6 Å². The number of likely N-dealkylation sites (N-methyl/N-ethyl adjacent to an activating group) is 7. The maximum Gasteiger partial charge on any atom is 0.419 e. The topological polar surface area (TPSA) is 262 Å². The molecule has 1 saturated heterocycles. The molecule has 1 aromatic carbocycles. The lowest BCUT2D eigenvalue weighted by Gasteiger charge is -2.38. The number of nitrogens with zero attached hydrogens (tertiary/aromatic N) is 7. The molecule has 1 saturated carbocycles.